The van der Waals surface area contributed by atoms with Crippen LogP contribution in [0.3, 0.4) is 0 Å². The maximum Gasteiger partial charge on any atom is 0.123 e. The van der Waals surface area contributed by atoms with Crippen LogP contribution in [0.1, 0.15) is 33.3 Å². The van der Waals surface area contributed by atoms with Crippen LogP contribution in [0, 0.1) is 17.1 Å². The van der Waals surface area contributed by atoms with Gasteiger partial charge in [-0.2, -0.15) is 0 Å². The molecule has 1 atom stereocenters. The highest BCUT2D eigenvalue weighted by atomic mass is 79.9. The van der Waals surface area contributed by atoms with Gasteiger partial charge in [-0.25, -0.2) is 13.6 Å². The van der Waals surface area contributed by atoms with E-state index in [9.17, 15) is 8.60 Å². The van der Waals surface area contributed by atoms with Gasteiger partial charge in [-0.15, -0.1) is 0 Å². The predicted octanol–water partition coefficient (Wildman–Crippen LogP) is 4.53. The van der Waals surface area contributed by atoms with Crippen molar-refractivity contribution < 1.29 is 8.60 Å². The maximum absolute atomic E-state index is 13.1. The molecule has 0 radical (unpaired) electrons. The minimum Gasteiger partial charge on any atom is -0.300 e. The molecule has 0 heterocycles. The molecule has 0 spiro atoms. The van der Waals surface area contributed by atoms with Crippen molar-refractivity contribution in [1.82, 2.24) is 4.31 Å². The van der Waals surface area contributed by atoms with Crippen LogP contribution in [0.2, 0.25) is 0 Å². The Bertz CT molecular complexity index is 684. The van der Waals surface area contributed by atoms with Crippen LogP contribution in [0.15, 0.2) is 40.5 Å². The Morgan fingerprint density at radius 3 is 2.32 bits per heavy atom. The third-order valence-electron chi connectivity index (χ3n) is 3.47. The Kier molecular flexibility index (Phi) is 8.65. The fourth-order valence-corrected chi connectivity index (χ4v) is 3.52. The number of aliphatic imine (C=N–C) groups is 1. The van der Waals surface area contributed by atoms with Gasteiger partial charge in [-0.3, -0.25) is 9.71 Å². The molecule has 0 bridgehead atoms. The SMILES string of the molecule is CC(C)/C(N=CN(C)[S@](=O)C(C)C)=C(\CBr)C(=N)c1ccc(F)cc1. The zero-order valence-electron chi connectivity index (χ0n) is 15.2. The van der Waals surface area contributed by atoms with Crippen LogP contribution in [0.4, 0.5) is 4.39 Å². The van der Waals surface area contributed by atoms with Crippen molar-refractivity contribution in [3.63, 3.8) is 0 Å². The smallest absolute Gasteiger partial charge is 0.123 e. The summed E-state index contributed by atoms with van der Waals surface area (Å²) < 4.78 is 26.8. The number of alkyl halides is 1. The average molecular weight is 430 g/mol. The molecule has 0 aliphatic heterocycles. The highest BCUT2D eigenvalue weighted by molar-refractivity contribution is 9.09. The summed E-state index contributed by atoms with van der Waals surface area (Å²) >= 11 is 3.44. The summed E-state index contributed by atoms with van der Waals surface area (Å²) in [6, 6.07) is 5.85. The fourth-order valence-electron chi connectivity index (χ4n) is 2.15. The van der Waals surface area contributed by atoms with Gasteiger partial charge < -0.3 is 0 Å². The molecule has 4 nitrogen and oxygen atoms in total. The third-order valence-corrected chi connectivity index (χ3v) is 5.50. The number of nitrogens with one attached hydrogen (secondary N) is 1. The molecule has 0 unspecified atom stereocenters. The van der Waals surface area contributed by atoms with Gasteiger partial charge in [0.15, 0.2) is 0 Å². The van der Waals surface area contributed by atoms with Crippen molar-refractivity contribution in [2.45, 2.75) is 32.9 Å². The first kappa shape index (κ1) is 21.7. The van der Waals surface area contributed by atoms with Crippen LogP contribution in [0.25, 0.3) is 0 Å². The number of rotatable bonds is 8. The van der Waals surface area contributed by atoms with E-state index in [0.29, 0.717) is 16.6 Å². The molecule has 0 fully saturated rings. The summed E-state index contributed by atoms with van der Waals surface area (Å²) in [5.41, 5.74) is 2.38. The molecule has 0 amide bonds. The van der Waals surface area contributed by atoms with Gasteiger partial charge in [0.1, 0.15) is 23.1 Å². The van der Waals surface area contributed by atoms with Crippen LogP contribution >= 0.6 is 15.9 Å². The first-order valence-corrected chi connectivity index (χ1v) is 10.3. The van der Waals surface area contributed by atoms with E-state index in [4.69, 9.17) is 5.41 Å². The molecule has 0 saturated heterocycles. The number of hydrogen-bond acceptors (Lipinski definition) is 3. The number of hydrogen-bond donors (Lipinski definition) is 1. The van der Waals surface area contributed by atoms with Gasteiger partial charge in [-0.1, -0.05) is 29.8 Å². The van der Waals surface area contributed by atoms with E-state index in [1.54, 1.807) is 29.8 Å². The maximum atomic E-state index is 13.1. The summed E-state index contributed by atoms with van der Waals surface area (Å²) in [4.78, 5) is 4.50. The third kappa shape index (κ3) is 6.15. The lowest BCUT2D eigenvalue weighted by atomic mass is 9.97. The number of benzene rings is 1. The second kappa shape index (κ2) is 9.97. The van der Waals surface area contributed by atoms with Crippen LogP contribution < -0.4 is 0 Å². The Labute approximate surface area is 160 Å². The first-order chi connectivity index (χ1) is 11.7. The summed E-state index contributed by atoms with van der Waals surface area (Å²) in [7, 11) is 0.563. The van der Waals surface area contributed by atoms with Crippen LogP contribution in [0.5, 0.6) is 0 Å². The molecule has 0 aliphatic rings. The fraction of sp³-hybridized carbons (Fsp3) is 0.444. The quantitative estimate of drug-likeness (QED) is 0.368. The molecule has 0 aromatic heterocycles. The average Bonchev–Trinajstić information content (AvgIpc) is 2.57. The van der Waals surface area contributed by atoms with Crippen molar-refractivity contribution in [2.24, 2.45) is 10.9 Å². The standard InChI is InChI=1S/C18H25BrFN3OS/c1-12(2)18(22-11-23(5)25(24)13(3)4)16(10-19)17(21)14-6-8-15(20)9-7-14/h6-9,11-13,21H,10H2,1-5H3/b18-16-,21-17?,22-11?/t25-/m1/s1. The van der Waals surface area contributed by atoms with E-state index < -0.39 is 11.0 Å². The molecule has 25 heavy (non-hydrogen) atoms. The molecular formula is C18H25BrFN3OS. The largest absolute Gasteiger partial charge is 0.300 e. The lowest BCUT2D eigenvalue weighted by Gasteiger charge is -2.18. The molecule has 1 N–H and O–H groups in total. The minimum atomic E-state index is -1.16. The zero-order chi connectivity index (χ0) is 19.1. The normalized spacial score (nSPS) is 14.1. The van der Waals surface area contributed by atoms with Gasteiger partial charge in [0.2, 0.25) is 0 Å². The monoisotopic (exact) mass is 429 g/mol. The molecule has 0 aliphatic carbocycles. The Morgan fingerprint density at radius 1 is 1.32 bits per heavy atom. The van der Waals surface area contributed by atoms with E-state index >= 15 is 0 Å². The summed E-state index contributed by atoms with van der Waals surface area (Å²) in [6.45, 7) is 7.75. The molecule has 138 valence electrons. The van der Waals surface area contributed by atoms with E-state index in [2.05, 4.69) is 20.9 Å². The number of halogens is 2. The van der Waals surface area contributed by atoms with Gasteiger partial charge >= 0.3 is 0 Å². The second-order valence-corrected chi connectivity index (χ2v) is 8.78. The second-order valence-electron chi connectivity index (χ2n) is 6.15. The molecule has 1 aromatic carbocycles. The van der Waals surface area contributed by atoms with Crippen LogP contribution in [-0.2, 0) is 11.0 Å². The van der Waals surface area contributed by atoms with Gasteiger partial charge in [0, 0.05) is 23.2 Å². The van der Waals surface area contributed by atoms with Crippen molar-refractivity contribution in [2.75, 3.05) is 12.4 Å². The predicted molar refractivity (Wildman–Crippen MR) is 108 cm³/mol. The first-order valence-electron chi connectivity index (χ1n) is 8.00. The zero-order valence-corrected chi connectivity index (χ0v) is 17.6. The van der Waals surface area contributed by atoms with Crippen molar-refractivity contribution in [3.05, 3.63) is 46.9 Å². The van der Waals surface area contributed by atoms with Gasteiger partial charge in [0.25, 0.3) is 0 Å². The number of nitrogens with zero attached hydrogens (tertiary/aromatic N) is 2. The Morgan fingerprint density at radius 2 is 1.88 bits per heavy atom. The molecule has 7 heteroatoms. The van der Waals surface area contributed by atoms with Crippen molar-refractivity contribution in [1.29, 1.82) is 5.41 Å². The molecule has 1 aromatic rings. The van der Waals surface area contributed by atoms with E-state index in [-0.39, 0.29) is 17.0 Å². The minimum absolute atomic E-state index is 0.00362. The lowest BCUT2D eigenvalue weighted by molar-refractivity contribution is 0.627. The molecule has 0 saturated carbocycles. The van der Waals surface area contributed by atoms with Gasteiger partial charge in [-0.05, 0) is 49.6 Å². The van der Waals surface area contributed by atoms with Crippen molar-refractivity contribution >= 4 is 39.0 Å². The summed E-state index contributed by atoms with van der Waals surface area (Å²) in [6.07, 6.45) is 1.55. The van der Waals surface area contributed by atoms with Crippen LogP contribution in [-0.4, -0.2) is 38.2 Å². The summed E-state index contributed by atoms with van der Waals surface area (Å²) in [5, 5.41) is 8.91. The lowest BCUT2D eigenvalue weighted by Crippen LogP contribution is -2.26. The number of allylic oxidation sites excluding steroid dienone is 2. The molecular weight excluding hydrogens is 405 g/mol. The van der Waals surface area contributed by atoms with E-state index in [1.807, 2.05) is 27.7 Å². The Hall–Kier alpha value is -1.34. The summed E-state index contributed by atoms with van der Waals surface area (Å²) in [5.74, 6) is -0.258. The highest BCUT2D eigenvalue weighted by Gasteiger charge is 2.16. The van der Waals surface area contributed by atoms with Gasteiger partial charge in [0.05, 0.1) is 11.4 Å². The highest BCUT2D eigenvalue weighted by Crippen LogP contribution is 2.22. The van der Waals surface area contributed by atoms with Crippen molar-refractivity contribution in [3.8, 4) is 0 Å². The molecule has 1 rings (SSSR count). The van der Waals surface area contributed by atoms with E-state index in [0.717, 1.165) is 11.3 Å². The Balaban J connectivity index is 3.23. The topological polar surface area (TPSA) is 56.5 Å². The van der Waals surface area contributed by atoms with E-state index in [1.165, 1.54) is 12.1 Å².